The Labute approximate surface area is 107 Å². The van der Waals surface area contributed by atoms with E-state index >= 15 is 0 Å². The maximum absolute atomic E-state index is 11.3. The number of hydrogen-bond donors (Lipinski definition) is 2. The van der Waals surface area contributed by atoms with Gasteiger partial charge in [-0.2, -0.15) is 0 Å². The molecule has 2 N–H and O–H groups in total. The zero-order chi connectivity index (χ0) is 14.0. The van der Waals surface area contributed by atoms with Crippen LogP contribution in [0.3, 0.4) is 0 Å². The van der Waals surface area contributed by atoms with Gasteiger partial charge in [0.15, 0.2) is 0 Å². The van der Waals surface area contributed by atoms with Crippen LogP contribution in [0.5, 0.6) is 5.75 Å². The van der Waals surface area contributed by atoms with E-state index in [1.165, 1.54) is 20.8 Å². The quantitative estimate of drug-likeness (QED) is 0.844. The predicted octanol–water partition coefficient (Wildman–Crippen LogP) is 2.40. The molecule has 0 heterocycles. The molecule has 0 aliphatic rings. The third-order valence-corrected chi connectivity index (χ3v) is 3.46. The van der Waals surface area contributed by atoms with E-state index in [1.807, 2.05) is 6.92 Å². The van der Waals surface area contributed by atoms with E-state index in [9.17, 15) is 15.0 Å². The Balaban J connectivity index is 3.31. The van der Waals surface area contributed by atoms with E-state index in [0.29, 0.717) is 17.9 Å². The SMILES string of the molecule is CCOc1ccccc1C(C)(O)C(C)(C)C(=O)O. The second-order valence-corrected chi connectivity index (χ2v) is 4.93. The van der Waals surface area contributed by atoms with Gasteiger partial charge >= 0.3 is 5.97 Å². The molecule has 0 amide bonds. The first kappa shape index (κ1) is 14.5. The number of hydrogen-bond acceptors (Lipinski definition) is 3. The molecule has 0 aliphatic heterocycles. The van der Waals surface area contributed by atoms with Crippen molar-refractivity contribution in [3.8, 4) is 5.75 Å². The lowest BCUT2D eigenvalue weighted by atomic mass is 9.72. The highest BCUT2D eigenvalue weighted by atomic mass is 16.5. The fourth-order valence-corrected chi connectivity index (χ4v) is 1.70. The molecular weight excluding hydrogens is 232 g/mol. The lowest BCUT2D eigenvalue weighted by molar-refractivity contribution is -0.164. The van der Waals surface area contributed by atoms with Crippen molar-refractivity contribution in [1.82, 2.24) is 0 Å². The highest BCUT2D eigenvalue weighted by Crippen LogP contribution is 2.43. The summed E-state index contributed by atoms with van der Waals surface area (Å²) in [6.45, 7) is 6.80. The highest BCUT2D eigenvalue weighted by Gasteiger charge is 2.48. The molecule has 1 aromatic carbocycles. The van der Waals surface area contributed by atoms with E-state index in [0.717, 1.165) is 0 Å². The summed E-state index contributed by atoms with van der Waals surface area (Å²) in [4.78, 5) is 11.3. The van der Waals surface area contributed by atoms with Crippen molar-refractivity contribution in [3.05, 3.63) is 29.8 Å². The van der Waals surface area contributed by atoms with Gasteiger partial charge in [-0.15, -0.1) is 0 Å². The van der Waals surface area contributed by atoms with Gasteiger partial charge in [-0.3, -0.25) is 4.79 Å². The summed E-state index contributed by atoms with van der Waals surface area (Å²) in [5.74, 6) is -0.543. The largest absolute Gasteiger partial charge is 0.493 e. The van der Waals surface area contributed by atoms with Crippen LogP contribution in [-0.2, 0) is 10.4 Å². The average molecular weight is 252 g/mol. The molecule has 4 heteroatoms. The minimum atomic E-state index is -1.52. The third-order valence-electron chi connectivity index (χ3n) is 3.46. The number of carbonyl (C=O) groups is 1. The molecule has 100 valence electrons. The molecule has 1 unspecified atom stereocenters. The van der Waals surface area contributed by atoms with Crippen LogP contribution in [0.4, 0.5) is 0 Å². The minimum Gasteiger partial charge on any atom is -0.493 e. The molecule has 0 spiro atoms. The van der Waals surface area contributed by atoms with Crippen molar-refractivity contribution in [1.29, 1.82) is 0 Å². The van der Waals surface area contributed by atoms with Gasteiger partial charge in [0.2, 0.25) is 0 Å². The first-order valence-electron chi connectivity index (χ1n) is 5.93. The number of para-hydroxylation sites is 1. The average Bonchev–Trinajstić information content (AvgIpc) is 2.29. The predicted molar refractivity (Wildman–Crippen MR) is 68.6 cm³/mol. The second kappa shape index (κ2) is 4.98. The van der Waals surface area contributed by atoms with Gasteiger partial charge in [0.25, 0.3) is 0 Å². The monoisotopic (exact) mass is 252 g/mol. The number of benzene rings is 1. The van der Waals surface area contributed by atoms with Crippen LogP contribution >= 0.6 is 0 Å². The van der Waals surface area contributed by atoms with Gasteiger partial charge < -0.3 is 14.9 Å². The first-order chi connectivity index (χ1) is 8.25. The molecule has 0 saturated carbocycles. The maximum Gasteiger partial charge on any atom is 0.312 e. The normalized spacial score (nSPS) is 14.9. The van der Waals surface area contributed by atoms with Crippen molar-refractivity contribution >= 4 is 5.97 Å². The molecule has 0 fully saturated rings. The minimum absolute atomic E-state index is 0.459. The van der Waals surface area contributed by atoms with E-state index in [1.54, 1.807) is 24.3 Å². The zero-order valence-corrected chi connectivity index (χ0v) is 11.2. The van der Waals surface area contributed by atoms with Gasteiger partial charge in [-0.1, -0.05) is 18.2 Å². The Morgan fingerprint density at radius 2 is 1.83 bits per heavy atom. The fraction of sp³-hybridized carbons (Fsp3) is 0.500. The number of aliphatic carboxylic acids is 1. The molecule has 0 aromatic heterocycles. The maximum atomic E-state index is 11.3. The molecule has 18 heavy (non-hydrogen) atoms. The molecule has 1 aromatic rings. The topological polar surface area (TPSA) is 66.8 Å². The van der Waals surface area contributed by atoms with E-state index in [2.05, 4.69) is 0 Å². The molecule has 1 atom stereocenters. The molecule has 0 radical (unpaired) electrons. The summed E-state index contributed by atoms with van der Waals surface area (Å²) in [7, 11) is 0. The Hall–Kier alpha value is -1.55. The van der Waals surface area contributed by atoms with E-state index in [-0.39, 0.29) is 0 Å². The van der Waals surface area contributed by atoms with Gasteiger partial charge in [0.05, 0.1) is 12.0 Å². The Morgan fingerprint density at radius 3 is 2.33 bits per heavy atom. The number of carboxylic acid groups (broad SMARTS) is 1. The summed E-state index contributed by atoms with van der Waals surface area (Å²) >= 11 is 0. The van der Waals surface area contributed by atoms with Crippen LogP contribution in [0.15, 0.2) is 24.3 Å². The number of carboxylic acids is 1. The fourth-order valence-electron chi connectivity index (χ4n) is 1.70. The van der Waals surface area contributed by atoms with Crippen molar-refractivity contribution in [2.24, 2.45) is 5.41 Å². The van der Waals surface area contributed by atoms with Crippen LogP contribution in [0, 0.1) is 5.41 Å². The van der Waals surface area contributed by atoms with Crippen molar-refractivity contribution in [3.63, 3.8) is 0 Å². The molecular formula is C14H20O4. The molecule has 0 aliphatic carbocycles. The van der Waals surface area contributed by atoms with Crippen LogP contribution in [0.25, 0.3) is 0 Å². The standard InChI is InChI=1S/C14H20O4/c1-5-18-11-9-7-6-8-10(11)14(4,17)13(2,3)12(15)16/h6-9,17H,5H2,1-4H3,(H,15,16). The van der Waals surface area contributed by atoms with E-state index in [4.69, 9.17) is 4.74 Å². The van der Waals surface area contributed by atoms with Gasteiger partial charge in [0.1, 0.15) is 11.4 Å². The van der Waals surface area contributed by atoms with Gasteiger partial charge in [-0.05, 0) is 33.8 Å². The van der Waals surface area contributed by atoms with Crippen LogP contribution in [0.2, 0.25) is 0 Å². The van der Waals surface area contributed by atoms with Crippen LogP contribution < -0.4 is 4.74 Å². The number of aliphatic hydroxyl groups is 1. The summed E-state index contributed by atoms with van der Waals surface area (Å²) in [5.41, 5.74) is -2.36. The van der Waals surface area contributed by atoms with Gasteiger partial charge in [-0.25, -0.2) is 0 Å². The van der Waals surface area contributed by atoms with Crippen LogP contribution in [0.1, 0.15) is 33.3 Å². The number of rotatable bonds is 5. The molecule has 0 bridgehead atoms. The summed E-state index contributed by atoms with van der Waals surface area (Å²) in [5, 5.41) is 19.9. The number of ether oxygens (including phenoxy) is 1. The summed E-state index contributed by atoms with van der Waals surface area (Å²) < 4.78 is 5.45. The second-order valence-electron chi connectivity index (χ2n) is 4.93. The Morgan fingerprint density at radius 1 is 1.28 bits per heavy atom. The van der Waals surface area contributed by atoms with Crippen molar-refractivity contribution in [2.45, 2.75) is 33.3 Å². The zero-order valence-electron chi connectivity index (χ0n) is 11.2. The lowest BCUT2D eigenvalue weighted by Crippen LogP contribution is -2.45. The molecule has 4 nitrogen and oxygen atoms in total. The molecule has 1 rings (SSSR count). The smallest absolute Gasteiger partial charge is 0.312 e. The highest BCUT2D eigenvalue weighted by molar-refractivity contribution is 5.76. The van der Waals surface area contributed by atoms with Gasteiger partial charge in [0, 0.05) is 5.56 Å². The molecule has 0 saturated heterocycles. The van der Waals surface area contributed by atoms with Crippen molar-refractivity contribution in [2.75, 3.05) is 6.61 Å². The Bertz CT molecular complexity index is 435. The first-order valence-corrected chi connectivity index (χ1v) is 5.93. The van der Waals surface area contributed by atoms with Crippen molar-refractivity contribution < 1.29 is 19.7 Å². The van der Waals surface area contributed by atoms with Crippen LogP contribution in [-0.4, -0.2) is 22.8 Å². The Kier molecular flexibility index (Phi) is 4.02. The summed E-state index contributed by atoms with van der Waals surface area (Å²) in [6, 6.07) is 6.96. The summed E-state index contributed by atoms with van der Waals surface area (Å²) in [6.07, 6.45) is 0. The third kappa shape index (κ3) is 2.34. The van der Waals surface area contributed by atoms with E-state index < -0.39 is 17.0 Å². The lowest BCUT2D eigenvalue weighted by Gasteiger charge is -2.37.